The van der Waals surface area contributed by atoms with Gasteiger partial charge in [-0.25, -0.2) is 0 Å². The van der Waals surface area contributed by atoms with Gasteiger partial charge in [-0.1, -0.05) is 18.2 Å². The van der Waals surface area contributed by atoms with Gasteiger partial charge in [0, 0.05) is 18.0 Å². The zero-order valence-corrected chi connectivity index (χ0v) is 9.82. The molecular formula is C15H13NO2. The lowest BCUT2D eigenvalue weighted by molar-refractivity contribution is -0.104. The van der Waals surface area contributed by atoms with Gasteiger partial charge in [-0.2, -0.15) is 0 Å². The molecule has 1 heterocycles. The van der Waals surface area contributed by atoms with Gasteiger partial charge in [0.2, 0.25) is 0 Å². The smallest absolute Gasteiger partial charge is 0.142 e. The summed E-state index contributed by atoms with van der Waals surface area (Å²) < 4.78 is 5.73. The maximum atomic E-state index is 10.3. The van der Waals surface area contributed by atoms with Crippen LogP contribution in [0.25, 0.3) is 6.08 Å². The summed E-state index contributed by atoms with van der Waals surface area (Å²) in [5, 5.41) is 0. The van der Waals surface area contributed by atoms with E-state index in [2.05, 4.69) is 4.98 Å². The van der Waals surface area contributed by atoms with Crippen LogP contribution in [0, 0.1) is 0 Å². The van der Waals surface area contributed by atoms with E-state index in [0.717, 1.165) is 23.2 Å². The monoisotopic (exact) mass is 239 g/mol. The van der Waals surface area contributed by atoms with Crippen LogP contribution in [-0.2, 0) is 11.4 Å². The van der Waals surface area contributed by atoms with Crippen LogP contribution in [0.15, 0.2) is 54.9 Å². The Labute approximate surface area is 106 Å². The summed E-state index contributed by atoms with van der Waals surface area (Å²) in [6.07, 6.45) is 7.40. The topological polar surface area (TPSA) is 39.2 Å². The van der Waals surface area contributed by atoms with E-state index in [4.69, 9.17) is 4.74 Å². The number of allylic oxidation sites excluding steroid dienone is 1. The van der Waals surface area contributed by atoms with Crippen molar-refractivity contribution in [1.29, 1.82) is 0 Å². The number of nitrogens with zero attached hydrogens (tertiary/aromatic N) is 1. The maximum Gasteiger partial charge on any atom is 0.142 e. The molecule has 2 rings (SSSR count). The zero-order valence-electron chi connectivity index (χ0n) is 9.82. The Bertz CT molecular complexity index is 535. The Hall–Kier alpha value is -2.42. The van der Waals surface area contributed by atoms with E-state index in [0.29, 0.717) is 6.61 Å². The molecule has 0 aliphatic rings. The molecule has 0 spiro atoms. The zero-order chi connectivity index (χ0) is 12.6. The molecule has 0 saturated carbocycles. The van der Waals surface area contributed by atoms with Crippen molar-refractivity contribution in [2.75, 3.05) is 0 Å². The molecule has 0 bridgehead atoms. The third-order valence-electron chi connectivity index (χ3n) is 2.42. The first-order valence-electron chi connectivity index (χ1n) is 5.63. The average Bonchev–Trinajstić information content (AvgIpc) is 2.45. The third kappa shape index (κ3) is 3.28. The highest BCUT2D eigenvalue weighted by molar-refractivity contribution is 5.75. The average molecular weight is 239 g/mol. The van der Waals surface area contributed by atoms with E-state index in [1.165, 1.54) is 6.08 Å². The molecule has 1 aromatic heterocycles. The number of hydrogen-bond donors (Lipinski definition) is 0. The van der Waals surface area contributed by atoms with Gasteiger partial charge in [-0.3, -0.25) is 9.78 Å². The highest BCUT2D eigenvalue weighted by Crippen LogP contribution is 2.20. The molecule has 18 heavy (non-hydrogen) atoms. The minimum absolute atomic E-state index is 0.481. The molecule has 3 heteroatoms. The predicted molar refractivity (Wildman–Crippen MR) is 70.1 cm³/mol. The summed E-state index contributed by atoms with van der Waals surface area (Å²) in [5.41, 5.74) is 1.94. The normalized spacial score (nSPS) is 10.4. The van der Waals surface area contributed by atoms with Crippen molar-refractivity contribution in [1.82, 2.24) is 4.98 Å². The molecule has 1 aromatic carbocycles. The number of aromatic nitrogens is 1. The van der Waals surface area contributed by atoms with Crippen molar-refractivity contribution >= 4 is 12.4 Å². The van der Waals surface area contributed by atoms with E-state index in [-0.39, 0.29) is 0 Å². The van der Waals surface area contributed by atoms with Crippen LogP contribution in [0.3, 0.4) is 0 Å². The Kier molecular flexibility index (Phi) is 4.25. The van der Waals surface area contributed by atoms with Crippen molar-refractivity contribution in [3.05, 3.63) is 66.0 Å². The third-order valence-corrected chi connectivity index (χ3v) is 2.42. The Balaban J connectivity index is 2.09. The lowest BCUT2D eigenvalue weighted by Crippen LogP contribution is -1.96. The molecule has 0 aliphatic heterocycles. The van der Waals surface area contributed by atoms with Crippen molar-refractivity contribution in [2.45, 2.75) is 6.61 Å². The first kappa shape index (κ1) is 12.0. The molecular weight excluding hydrogens is 226 g/mol. The summed E-state index contributed by atoms with van der Waals surface area (Å²) >= 11 is 0. The summed E-state index contributed by atoms with van der Waals surface area (Å²) in [4.78, 5) is 14.3. The Morgan fingerprint density at radius 2 is 1.89 bits per heavy atom. The van der Waals surface area contributed by atoms with Crippen LogP contribution in [0.5, 0.6) is 5.75 Å². The first-order valence-corrected chi connectivity index (χ1v) is 5.63. The minimum atomic E-state index is 0.481. The summed E-state index contributed by atoms with van der Waals surface area (Å²) in [6.45, 7) is 0.481. The minimum Gasteiger partial charge on any atom is -0.488 e. The molecule has 0 aliphatic carbocycles. The second-order valence-electron chi connectivity index (χ2n) is 3.68. The molecule has 90 valence electrons. The van der Waals surface area contributed by atoms with E-state index >= 15 is 0 Å². The van der Waals surface area contributed by atoms with Crippen molar-refractivity contribution in [3.63, 3.8) is 0 Å². The highest BCUT2D eigenvalue weighted by atomic mass is 16.5. The predicted octanol–water partition coefficient (Wildman–Crippen LogP) is 2.87. The lowest BCUT2D eigenvalue weighted by atomic mass is 10.2. The van der Waals surface area contributed by atoms with Gasteiger partial charge in [-0.05, 0) is 35.9 Å². The fraction of sp³-hybridized carbons (Fsp3) is 0.0667. The Morgan fingerprint density at radius 1 is 1.11 bits per heavy atom. The van der Waals surface area contributed by atoms with Crippen molar-refractivity contribution in [3.8, 4) is 5.75 Å². The number of hydrogen-bond acceptors (Lipinski definition) is 3. The molecule has 0 N–H and O–H groups in total. The fourth-order valence-electron chi connectivity index (χ4n) is 1.53. The summed E-state index contributed by atoms with van der Waals surface area (Å²) in [6, 6.07) is 11.4. The summed E-state index contributed by atoms with van der Waals surface area (Å²) in [7, 11) is 0. The SMILES string of the molecule is O=CC=Cc1ccccc1OCc1ccncc1. The molecule has 0 fully saturated rings. The molecule has 2 aromatic rings. The van der Waals surface area contributed by atoms with Gasteiger partial charge in [0.05, 0.1) is 0 Å². The van der Waals surface area contributed by atoms with Crippen LogP contribution in [0.4, 0.5) is 0 Å². The lowest BCUT2D eigenvalue weighted by Gasteiger charge is -2.08. The van der Waals surface area contributed by atoms with E-state index < -0.39 is 0 Å². The molecule has 0 unspecified atom stereocenters. The van der Waals surface area contributed by atoms with Gasteiger partial charge in [0.15, 0.2) is 0 Å². The van der Waals surface area contributed by atoms with Crippen molar-refractivity contribution in [2.24, 2.45) is 0 Å². The largest absolute Gasteiger partial charge is 0.488 e. The highest BCUT2D eigenvalue weighted by Gasteiger charge is 2.00. The van der Waals surface area contributed by atoms with Crippen LogP contribution in [0.1, 0.15) is 11.1 Å². The molecule has 0 atom stereocenters. The summed E-state index contributed by atoms with van der Waals surface area (Å²) in [5.74, 6) is 0.757. The van der Waals surface area contributed by atoms with E-state index in [1.54, 1.807) is 18.5 Å². The van der Waals surface area contributed by atoms with Crippen LogP contribution in [0.2, 0.25) is 0 Å². The number of pyridine rings is 1. The number of benzene rings is 1. The standard InChI is InChI=1S/C15H13NO2/c17-11-3-5-14-4-1-2-6-15(14)18-12-13-7-9-16-10-8-13/h1-11H,12H2. The van der Waals surface area contributed by atoms with E-state index in [1.807, 2.05) is 36.4 Å². The van der Waals surface area contributed by atoms with Gasteiger partial charge < -0.3 is 4.74 Å². The maximum absolute atomic E-state index is 10.3. The first-order chi connectivity index (χ1) is 8.90. The van der Waals surface area contributed by atoms with Crippen LogP contribution < -0.4 is 4.74 Å². The van der Waals surface area contributed by atoms with Gasteiger partial charge in [0.25, 0.3) is 0 Å². The second kappa shape index (κ2) is 6.35. The number of aldehydes is 1. The molecule has 0 amide bonds. The molecule has 3 nitrogen and oxygen atoms in total. The second-order valence-corrected chi connectivity index (χ2v) is 3.68. The van der Waals surface area contributed by atoms with Crippen LogP contribution in [-0.4, -0.2) is 11.3 Å². The van der Waals surface area contributed by atoms with Gasteiger partial charge >= 0.3 is 0 Å². The van der Waals surface area contributed by atoms with Crippen molar-refractivity contribution < 1.29 is 9.53 Å². The number of ether oxygens (including phenoxy) is 1. The number of rotatable bonds is 5. The molecule has 0 saturated heterocycles. The van der Waals surface area contributed by atoms with Gasteiger partial charge in [0.1, 0.15) is 18.6 Å². The quantitative estimate of drug-likeness (QED) is 0.595. The number of para-hydroxylation sites is 1. The number of carbonyl (C=O) groups is 1. The fourth-order valence-corrected chi connectivity index (χ4v) is 1.53. The van der Waals surface area contributed by atoms with Crippen LogP contribution >= 0.6 is 0 Å². The van der Waals surface area contributed by atoms with Gasteiger partial charge in [-0.15, -0.1) is 0 Å². The molecule has 0 radical (unpaired) electrons. The number of carbonyl (C=O) groups excluding carboxylic acids is 1. The Morgan fingerprint density at radius 3 is 2.67 bits per heavy atom. The van der Waals surface area contributed by atoms with E-state index in [9.17, 15) is 4.79 Å².